The number of fused-ring (bicyclic) bond motifs is 7. The first-order chi connectivity index (χ1) is 31.1. The highest BCUT2D eigenvalue weighted by atomic mass is 16.3. The Morgan fingerprint density at radius 2 is 1.11 bits per heavy atom. The predicted octanol–water partition coefficient (Wildman–Crippen LogP) is 16.5. The van der Waals surface area contributed by atoms with E-state index >= 15 is 0 Å². The molecule has 1 aliphatic rings. The smallest absolute Gasteiger partial charge is 0.143 e. The third-order valence-electron chi connectivity index (χ3n) is 12.7. The van der Waals surface area contributed by atoms with Crippen molar-refractivity contribution in [1.29, 1.82) is 0 Å². The monoisotopic (exact) mass is 810 g/mol. The quantitative estimate of drug-likeness (QED) is 0.153. The van der Waals surface area contributed by atoms with Crippen molar-refractivity contribution in [3.63, 3.8) is 0 Å². The van der Waals surface area contributed by atoms with Crippen LogP contribution in [0.1, 0.15) is 18.2 Å². The van der Waals surface area contributed by atoms with Gasteiger partial charge in [-0.1, -0.05) is 152 Å². The molecule has 300 valence electrons. The van der Waals surface area contributed by atoms with Crippen LogP contribution >= 0.6 is 0 Å². The topological polar surface area (TPSA) is 32.8 Å². The van der Waals surface area contributed by atoms with Crippen molar-refractivity contribution in [3.8, 4) is 22.3 Å². The van der Waals surface area contributed by atoms with E-state index in [1.54, 1.807) is 0 Å². The van der Waals surface area contributed by atoms with Crippen LogP contribution in [0.4, 0.5) is 28.4 Å². The van der Waals surface area contributed by atoms with E-state index in [-0.39, 0.29) is 0 Å². The molecule has 4 heteroatoms. The summed E-state index contributed by atoms with van der Waals surface area (Å²) in [6.07, 6.45) is 5.25. The molecule has 0 fully saturated rings. The van der Waals surface area contributed by atoms with Gasteiger partial charge in [0.05, 0.1) is 16.9 Å². The lowest BCUT2D eigenvalue weighted by Crippen LogP contribution is -2.45. The van der Waals surface area contributed by atoms with E-state index in [0.717, 1.165) is 95.8 Å². The summed E-state index contributed by atoms with van der Waals surface area (Å²) in [6.45, 7) is 2.36. The number of hydrogen-bond acceptors (Lipinski definition) is 4. The zero-order valence-corrected chi connectivity index (χ0v) is 34.8. The molecule has 0 radical (unpaired) electrons. The third kappa shape index (κ3) is 6.22. The minimum absolute atomic E-state index is 0.514. The summed E-state index contributed by atoms with van der Waals surface area (Å²) >= 11 is 0. The van der Waals surface area contributed by atoms with Crippen LogP contribution in [0.25, 0.3) is 72.0 Å². The molecule has 2 aromatic heterocycles. The highest BCUT2D eigenvalue weighted by molar-refractivity contribution is 6.12. The van der Waals surface area contributed by atoms with Crippen molar-refractivity contribution in [2.75, 3.05) is 9.80 Å². The summed E-state index contributed by atoms with van der Waals surface area (Å²) in [4.78, 5) is 5.01. The Morgan fingerprint density at radius 3 is 1.89 bits per heavy atom. The minimum Gasteiger partial charge on any atom is -0.456 e. The van der Waals surface area contributed by atoms with Gasteiger partial charge in [0.15, 0.2) is 0 Å². The van der Waals surface area contributed by atoms with E-state index in [1.165, 1.54) is 16.3 Å². The summed E-state index contributed by atoms with van der Waals surface area (Å²) < 4.78 is 13.2. The van der Waals surface area contributed by atoms with Gasteiger partial charge in [0.25, 0.3) is 0 Å². The normalized spacial score (nSPS) is 14.7. The molecule has 1 atom stereocenters. The summed E-state index contributed by atoms with van der Waals surface area (Å²) in [5.41, 5.74) is 13.0. The standard InChI is InChI=1S/C59H42N2O2/c1-59(35-34-56-52(39-59)49-27-14-15-30-54(49)62-56)61(45-24-9-4-10-25-45)53-29-17-28-47(57(53)60(44-22-7-3-8-23-44)46-33-32-40-18-11-12-21-42(40)36-46)43-37-50(41-19-5-2-6-20-41)58-51(38-43)48-26-13-16-31-55(48)63-58/h2-38H,39H2,1H3. The predicted molar refractivity (Wildman–Crippen MR) is 263 cm³/mol. The van der Waals surface area contributed by atoms with E-state index in [2.05, 4.69) is 229 Å². The first-order valence-corrected chi connectivity index (χ1v) is 21.6. The van der Waals surface area contributed by atoms with Crippen molar-refractivity contribution < 1.29 is 8.83 Å². The van der Waals surface area contributed by atoms with Crippen molar-refractivity contribution in [2.45, 2.75) is 18.9 Å². The van der Waals surface area contributed by atoms with Gasteiger partial charge < -0.3 is 18.6 Å². The lowest BCUT2D eigenvalue weighted by molar-refractivity contribution is 0.535. The molecule has 0 saturated heterocycles. The number of benzene rings is 9. The number of rotatable bonds is 8. The van der Waals surface area contributed by atoms with Gasteiger partial charge in [-0.2, -0.15) is 0 Å². The molecule has 1 unspecified atom stereocenters. The highest BCUT2D eigenvalue weighted by Gasteiger charge is 2.38. The zero-order chi connectivity index (χ0) is 41.9. The molecule has 0 amide bonds. The number of nitrogens with zero attached hydrogens (tertiary/aromatic N) is 2. The summed E-state index contributed by atoms with van der Waals surface area (Å²) in [5, 5.41) is 5.70. The maximum Gasteiger partial charge on any atom is 0.143 e. The fourth-order valence-corrected chi connectivity index (χ4v) is 9.84. The van der Waals surface area contributed by atoms with E-state index in [4.69, 9.17) is 8.83 Å². The van der Waals surface area contributed by atoms with Crippen LogP contribution in [-0.2, 0) is 6.42 Å². The number of para-hydroxylation sites is 5. The van der Waals surface area contributed by atoms with Gasteiger partial charge in [-0.15, -0.1) is 0 Å². The van der Waals surface area contributed by atoms with Gasteiger partial charge in [-0.3, -0.25) is 0 Å². The van der Waals surface area contributed by atoms with Gasteiger partial charge in [0.1, 0.15) is 22.5 Å². The molecule has 0 saturated carbocycles. The molecule has 0 spiro atoms. The Balaban J connectivity index is 1.19. The second-order valence-corrected chi connectivity index (χ2v) is 16.7. The Kier molecular flexibility index (Phi) is 8.65. The van der Waals surface area contributed by atoms with Gasteiger partial charge in [0, 0.05) is 56.3 Å². The summed E-state index contributed by atoms with van der Waals surface area (Å²) in [7, 11) is 0. The zero-order valence-electron chi connectivity index (χ0n) is 34.8. The van der Waals surface area contributed by atoms with E-state index in [0.29, 0.717) is 0 Å². The number of furan rings is 2. The minimum atomic E-state index is -0.514. The lowest BCUT2D eigenvalue weighted by Gasteiger charge is -2.45. The molecular formula is C59H42N2O2. The van der Waals surface area contributed by atoms with Crippen LogP contribution in [0, 0.1) is 0 Å². The van der Waals surface area contributed by atoms with Gasteiger partial charge in [-0.05, 0) is 102 Å². The molecule has 0 aliphatic heterocycles. The number of hydrogen-bond donors (Lipinski definition) is 0. The van der Waals surface area contributed by atoms with Crippen molar-refractivity contribution in [1.82, 2.24) is 0 Å². The largest absolute Gasteiger partial charge is 0.456 e. The molecule has 2 heterocycles. The Morgan fingerprint density at radius 1 is 0.460 bits per heavy atom. The summed E-state index contributed by atoms with van der Waals surface area (Å²) in [5.74, 6) is 0.923. The molecule has 11 aromatic rings. The van der Waals surface area contributed by atoms with E-state index in [1.807, 2.05) is 12.1 Å². The second kappa shape index (κ2) is 14.8. The molecule has 12 rings (SSSR count). The van der Waals surface area contributed by atoms with Crippen molar-refractivity contribution in [3.05, 3.63) is 230 Å². The van der Waals surface area contributed by atoms with Crippen LogP contribution in [0.15, 0.2) is 227 Å². The lowest BCUT2D eigenvalue weighted by atomic mass is 9.83. The van der Waals surface area contributed by atoms with Gasteiger partial charge >= 0.3 is 0 Å². The fourth-order valence-electron chi connectivity index (χ4n) is 9.84. The second-order valence-electron chi connectivity index (χ2n) is 16.7. The van der Waals surface area contributed by atoms with Crippen LogP contribution in [0.2, 0.25) is 0 Å². The van der Waals surface area contributed by atoms with Crippen LogP contribution in [0.5, 0.6) is 0 Å². The molecule has 4 nitrogen and oxygen atoms in total. The van der Waals surface area contributed by atoms with Crippen LogP contribution in [-0.4, -0.2) is 5.54 Å². The van der Waals surface area contributed by atoms with Crippen LogP contribution in [0.3, 0.4) is 0 Å². The van der Waals surface area contributed by atoms with Gasteiger partial charge in [-0.25, -0.2) is 0 Å². The van der Waals surface area contributed by atoms with E-state index < -0.39 is 5.54 Å². The Labute approximate surface area is 366 Å². The Hall–Kier alpha value is -8.08. The average Bonchev–Trinajstić information content (AvgIpc) is 3.90. The molecule has 0 N–H and O–H groups in total. The summed E-state index contributed by atoms with van der Waals surface area (Å²) in [6, 6.07) is 76.0. The van der Waals surface area contributed by atoms with E-state index in [9.17, 15) is 0 Å². The molecule has 0 bridgehead atoms. The SMILES string of the molecule is CC1(N(c2ccccc2)c2cccc(-c3cc(-c4ccccc4)c4oc5ccccc5c4c3)c2N(c2ccccc2)c2ccc3ccccc3c2)C=Cc2oc3ccccc3c2C1. The van der Waals surface area contributed by atoms with Crippen molar-refractivity contribution >= 4 is 78.2 Å². The highest BCUT2D eigenvalue weighted by Crippen LogP contribution is 2.53. The fraction of sp³-hybridized carbons (Fsp3) is 0.0508. The van der Waals surface area contributed by atoms with Crippen LogP contribution < -0.4 is 9.80 Å². The van der Waals surface area contributed by atoms with Crippen molar-refractivity contribution in [2.24, 2.45) is 0 Å². The molecule has 9 aromatic carbocycles. The molecule has 1 aliphatic carbocycles. The first-order valence-electron chi connectivity index (χ1n) is 21.6. The average molecular weight is 811 g/mol. The number of anilines is 5. The maximum absolute atomic E-state index is 6.72. The first kappa shape index (κ1) is 36.7. The molecule has 63 heavy (non-hydrogen) atoms. The van der Waals surface area contributed by atoms with Gasteiger partial charge in [0.2, 0.25) is 0 Å². The maximum atomic E-state index is 6.72. The third-order valence-corrected chi connectivity index (χ3v) is 12.7. The molecular weight excluding hydrogens is 769 g/mol. The Bertz CT molecular complexity index is 3510.